The van der Waals surface area contributed by atoms with Gasteiger partial charge in [0.05, 0.1) is 7.11 Å². The van der Waals surface area contributed by atoms with Gasteiger partial charge in [-0.05, 0) is 12.1 Å². The highest BCUT2D eigenvalue weighted by molar-refractivity contribution is 5.58. The molecule has 4 rings (SSSR count). The third kappa shape index (κ3) is 2.74. The maximum absolute atomic E-state index is 6.23. The lowest BCUT2D eigenvalue weighted by Gasteiger charge is -2.44. The molecular weight excluding hydrogens is 350 g/mol. The van der Waals surface area contributed by atoms with E-state index in [2.05, 4.69) is 6.92 Å². The van der Waals surface area contributed by atoms with E-state index in [9.17, 15) is 0 Å². The summed E-state index contributed by atoms with van der Waals surface area (Å²) in [6.07, 6.45) is 0. The van der Waals surface area contributed by atoms with Crippen molar-refractivity contribution in [3.63, 3.8) is 0 Å². The molecule has 144 valence electrons. The van der Waals surface area contributed by atoms with Gasteiger partial charge in [0.25, 0.3) is 0 Å². The summed E-state index contributed by atoms with van der Waals surface area (Å²) in [6, 6.07) is 9.38. The molecule has 3 unspecified atom stereocenters. The van der Waals surface area contributed by atoms with Crippen LogP contribution in [0.3, 0.4) is 0 Å². The van der Waals surface area contributed by atoms with E-state index in [0.29, 0.717) is 28.7 Å². The molecule has 3 atom stereocenters. The van der Waals surface area contributed by atoms with Crippen molar-refractivity contribution in [2.24, 2.45) is 11.8 Å². The van der Waals surface area contributed by atoms with Gasteiger partial charge in [-0.25, -0.2) is 0 Å². The number of ether oxygens (including phenoxy) is 5. The molecule has 0 radical (unpaired) electrons. The van der Waals surface area contributed by atoms with Crippen molar-refractivity contribution < 1.29 is 28.5 Å². The third-order valence-corrected chi connectivity index (χ3v) is 5.56. The van der Waals surface area contributed by atoms with Gasteiger partial charge >= 0.3 is 0 Å². The molecule has 0 aromatic heterocycles. The largest absolute Gasteiger partial charge is 0.496 e. The van der Waals surface area contributed by atoms with Gasteiger partial charge in [0.1, 0.15) is 11.5 Å². The van der Waals surface area contributed by atoms with Crippen LogP contribution in [0.1, 0.15) is 30.9 Å². The first kappa shape index (κ1) is 17.8. The molecule has 2 aliphatic rings. The molecule has 0 saturated carbocycles. The second-order valence-corrected chi connectivity index (χ2v) is 6.85. The van der Waals surface area contributed by atoms with Crippen molar-refractivity contribution in [1.82, 2.24) is 0 Å². The van der Waals surface area contributed by atoms with Crippen molar-refractivity contribution >= 4 is 0 Å². The normalized spacial score (nSPS) is 25.5. The van der Waals surface area contributed by atoms with E-state index in [1.165, 1.54) is 0 Å². The highest BCUT2D eigenvalue weighted by atomic mass is 16.7. The van der Waals surface area contributed by atoms with Crippen LogP contribution in [-0.2, 0) is 4.74 Å². The fourth-order valence-electron chi connectivity index (χ4n) is 3.84. The number of hydrogen-bond acceptors (Lipinski definition) is 7. The number of benzene rings is 2. The summed E-state index contributed by atoms with van der Waals surface area (Å²) < 4.78 is 28.7. The molecule has 2 aliphatic heterocycles. The Morgan fingerprint density at radius 1 is 1.04 bits per heavy atom. The molecule has 0 bridgehead atoms. The zero-order chi connectivity index (χ0) is 19.2. The van der Waals surface area contributed by atoms with Gasteiger partial charge in [0.2, 0.25) is 12.6 Å². The zero-order valence-corrected chi connectivity index (χ0v) is 15.8. The summed E-state index contributed by atoms with van der Waals surface area (Å²) >= 11 is 0. The Kier molecular flexibility index (Phi) is 4.28. The Bertz CT molecular complexity index is 870. The Labute approximate surface area is 157 Å². The van der Waals surface area contributed by atoms with Gasteiger partial charge in [-0.1, -0.05) is 13.0 Å². The Morgan fingerprint density at radius 2 is 1.78 bits per heavy atom. The van der Waals surface area contributed by atoms with E-state index in [1.807, 2.05) is 31.2 Å². The van der Waals surface area contributed by atoms with Crippen molar-refractivity contribution in [1.29, 1.82) is 0 Å². The predicted molar refractivity (Wildman–Crippen MR) is 97.4 cm³/mol. The molecule has 27 heavy (non-hydrogen) atoms. The van der Waals surface area contributed by atoms with Gasteiger partial charge < -0.3 is 28.5 Å². The highest BCUT2D eigenvalue weighted by Crippen LogP contribution is 2.53. The molecule has 0 saturated heterocycles. The molecule has 7 heteroatoms. The molecule has 2 aromatic carbocycles. The van der Waals surface area contributed by atoms with E-state index in [1.54, 1.807) is 20.3 Å². The van der Waals surface area contributed by atoms with Crippen LogP contribution in [0.15, 0.2) is 30.3 Å². The van der Waals surface area contributed by atoms with Crippen molar-refractivity contribution in [3.05, 3.63) is 41.5 Å². The van der Waals surface area contributed by atoms with Crippen LogP contribution < -0.4 is 29.7 Å². The molecule has 2 aromatic rings. The quantitative estimate of drug-likeness (QED) is 0.824. The first-order valence-corrected chi connectivity index (χ1v) is 8.73. The zero-order valence-electron chi connectivity index (χ0n) is 15.8. The number of hydrogen-bond donors (Lipinski definition) is 1. The van der Waals surface area contributed by atoms with Crippen LogP contribution in [0, 0.1) is 5.92 Å². The summed E-state index contributed by atoms with van der Waals surface area (Å²) in [7, 11) is 3.27. The van der Waals surface area contributed by atoms with Crippen LogP contribution in [0.4, 0.5) is 0 Å². The summed E-state index contributed by atoms with van der Waals surface area (Å²) in [5.74, 6) is 7.68. The van der Waals surface area contributed by atoms with Crippen LogP contribution in [-0.4, -0.2) is 26.8 Å². The monoisotopic (exact) mass is 373 g/mol. The smallest absolute Gasteiger partial charge is 0.231 e. The second-order valence-electron chi connectivity index (χ2n) is 6.85. The molecule has 0 amide bonds. The fourth-order valence-corrected chi connectivity index (χ4v) is 3.84. The third-order valence-electron chi connectivity index (χ3n) is 5.56. The van der Waals surface area contributed by atoms with E-state index >= 15 is 0 Å². The minimum Gasteiger partial charge on any atom is -0.496 e. The lowest BCUT2D eigenvalue weighted by Crippen LogP contribution is -2.47. The minimum atomic E-state index is -0.820. The maximum Gasteiger partial charge on any atom is 0.231 e. The SMILES string of the molecule is COc1cc(ON)ccc1C1c2cc3c(cc2OC(C)(OC)C1C)OCO3. The first-order valence-electron chi connectivity index (χ1n) is 8.73. The minimum absolute atomic E-state index is 0.0195. The summed E-state index contributed by atoms with van der Waals surface area (Å²) in [4.78, 5) is 4.85. The Morgan fingerprint density at radius 3 is 2.44 bits per heavy atom. The van der Waals surface area contributed by atoms with Gasteiger partial charge in [0.15, 0.2) is 17.2 Å². The van der Waals surface area contributed by atoms with Crippen LogP contribution in [0.5, 0.6) is 28.7 Å². The standard InChI is InChI=1S/C20H23NO6/c1-11-19(13-6-5-12(27-21)7-15(13)22-3)14-8-17-18(25-10-24-17)9-16(14)26-20(11,2)23-4/h5-9,11,19H,10,21H2,1-4H3. The predicted octanol–water partition coefficient (Wildman–Crippen LogP) is 3.20. The molecule has 2 N–H and O–H groups in total. The molecule has 0 aliphatic carbocycles. The Balaban J connectivity index is 1.91. The van der Waals surface area contributed by atoms with E-state index < -0.39 is 5.79 Å². The lowest BCUT2D eigenvalue weighted by atomic mass is 9.75. The molecule has 0 fully saturated rings. The van der Waals surface area contributed by atoms with E-state index in [-0.39, 0.29) is 18.6 Å². The van der Waals surface area contributed by atoms with E-state index in [0.717, 1.165) is 11.1 Å². The maximum atomic E-state index is 6.23. The summed E-state index contributed by atoms with van der Waals surface area (Å²) in [5.41, 5.74) is 1.97. The van der Waals surface area contributed by atoms with E-state index in [4.69, 9.17) is 34.4 Å². The number of fused-ring (bicyclic) bond motifs is 2. The average molecular weight is 373 g/mol. The number of nitrogens with two attached hydrogens (primary N) is 1. The highest BCUT2D eigenvalue weighted by Gasteiger charge is 2.47. The van der Waals surface area contributed by atoms with Crippen LogP contribution in [0.2, 0.25) is 0 Å². The average Bonchev–Trinajstić information content (AvgIpc) is 3.14. The van der Waals surface area contributed by atoms with Gasteiger partial charge in [-0.2, -0.15) is 5.90 Å². The molecule has 0 spiro atoms. The Hall–Kier alpha value is -2.64. The first-order chi connectivity index (χ1) is 13.0. The van der Waals surface area contributed by atoms with Gasteiger partial charge in [0, 0.05) is 49.1 Å². The lowest BCUT2D eigenvalue weighted by molar-refractivity contribution is -0.194. The molecule has 2 heterocycles. The van der Waals surface area contributed by atoms with Gasteiger partial charge in [-0.3, -0.25) is 0 Å². The van der Waals surface area contributed by atoms with Crippen molar-refractivity contribution in [2.45, 2.75) is 25.6 Å². The molecule has 7 nitrogen and oxygen atoms in total. The van der Waals surface area contributed by atoms with Crippen LogP contribution in [0.25, 0.3) is 0 Å². The number of rotatable bonds is 4. The fraction of sp³-hybridized carbons (Fsp3) is 0.400. The second kappa shape index (κ2) is 6.51. The van der Waals surface area contributed by atoms with Crippen molar-refractivity contribution in [2.75, 3.05) is 21.0 Å². The summed E-state index contributed by atoms with van der Waals surface area (Å²) in [6.45, 7) is 4.22. The summed E-state index contributed by atoms with van der Waals surface area (Å²) in [5, 5.41) is 0. The topological polar surface area (TPSA) is 81.4 Å². The van der Waals surface area contributed by atoms with Gasteiger partial charge in [-0.15, -0.1) is 0 Å². The number of methoxy groups -OCH3 is 2. The van der Waals surface area contributed by atoms with Crippen molar-refractivity contribution in [3.8, 4) is 28.7 Å². The molecular formula is C20H23NO6. The van der Waals surface area contributed by atoms with Crippen LogP contribution >= 0.6 is 0 Å².